The third kappa shape index (κ3) is 3.87. The van der Waals surface area contributed by atoms with E-state index in [1.165, 1.54) is 49.1 Å². The van der Waals surface area contributed by atoms with E-state index in [1.807, 2.05) is 30.0 Å². The number of hydrogen-bond acceptors (Lipinski definition) is 4. The molecule has 47 heavy (non-hydrogen) atoms. The number of para-hydroxylation sites is 1. The maximum absolute atomic E-state index is 5.29. The molecule has 0 amide bonds. The summed E-state index contributed by atoms with van der Waals surface area (Å²) in [5, 5.41) is 2.84. The van der Waals surface area contributed by atoms with Gasteiger partial charge in [-0.05, 0) is 63.6 Å². The Morgan fingerprint density at radius 3 is 2.30 bits per heavy atom. The van der Waals surface area contributed by atoms with Crippen molar-refractivity contribution in [2.24, 2.45) is 0 Å². The van der Waals surface area contributed by atoms with Gasteiger partial charge in [-0.1, -0.05) is 123 Å². The van der Waals surface area contributed by atoms with Crippen molar-refractivity contribution >= 4 is 44.7 Å². The largest absolute Gasteiger partial charge is 0.278 e. The second-order valence-electron chi connectivity index (χ2n) is 13.2. The molecule has 5 heteroatoms. The highest BCUT2D eigenvalue weighted by molar-refractivity contribution is 8.00. The molecule has 1 aliphatic heterocycles. The van der Waals surface area contributed by atoms with E-state index < -0.39 is 0 Å². The van der Waals surface area contributed by atoms with Crippen LogP contribution in [0.1, 0.15) is 42.8 Å². The van der Waals surface area contributed by atoms with Gasteiger partial charge >= 0.3 is 0 Å². The zero-order chi connectivity index (χ0) is 31.3. The van der Waals surface area contributed by atoms with Gasteiger partial charge in [0.05, 0.1) is 11.0 Å². The summed E-state index contributed by atoms with van der Waals surface area (Å²) in [7, 11) is 0. The minimum atomic E-state index is -0.146. The maximum Gasteiger partial charge on any atom is 0.238 e. The Morgan fingerprint density at radius 2 is 1.40 bits per heavy atom. The lowest BCUT2D eigenvalue weighted by atomic mass is 9.80. The number of allylic oxidation sites excluding steroid dienone is 3. The first-order chi connectivity index (χ1) is 23.1. The Balaban J connectivity index is 1.22. The van der Waals surface area contributed by atoms with Gasteiger partial charge in [0.15, 0.2) is 11.6 Å². The third-order valence-corrected chi connectivity index (χ3v) is 11.5. The van der Waals surface area contributed by atoms with Crippen molar-refractivity contribution in [3.63, 3.8) is 0 Å². The number of benzene rings is 5. The summed E-state index contributed by atoms with van der Waals surface area (Å²) in [5.74, 6) is 2.07. The van der Waals surface area contributed by atoms with Crippen LogP contribution in [0.25, 0.3) is 61.4 Å². The van der Waals surface area contributed by atoms with Gasteiger partial charge in [0.2, 0.25) is 5.95 Å². The molecule has 1 atom stereocenters. The van der Waals surface area contributed by atoms with Crippen LogP contribution in [0.2, 0.25) is 0 Å². The van der Waals surface area contributed by atoms with Gasteiger partial charge < -0.3 is 0 Å². The summed E-state index contributed by atoms with van der Waals surface area (Å²) >= 11 is 1.95. The smallest absolute Gasteiger partial charge is 0.238 e. The van der Waals surface area contributed by atoms with E-state index in [-0.39, 0.29) is 5.41 Å². The Labute approximate surface area is 277 Å². The molecule has 1 unspecified atom stereocenters. The fourth-order valence-corrected chi connectivity index (χ4v) is 9.41. The highest BCUT2D eigenvalue weighted by Gasteiger charge is 2.38. The molecule has 4 nitrogen and oxygen atoms in total. The van der Waals surface area contributed by atoms with Gasteiger partial charge in [0, 0.05) is 31.9 Å². The predicted octanol–water partition coefficient (Wildman–Crippen LogP) is 10.3. The molecule has 0 N–H and O–H groups in total. The van der Waals surface area contributed by atoms with Crippen LogP contribution in [0, 0.1) is 0 Å². The van der Waals surface area contributed by atoms with Gasteiger partial charge in [-0.15, -0.1) is 11.8 Å². The maximum atomic E-state index is 5.29. The first-order valence-corrected chi connectivity index (χ1v) is 17.1. The van der Waals surface area contributed by atoms with Crippen LogP contribution in [0.5, 0.6) is 0 Å². The topological polar surface area (TPSA) is 43.6 Å². The highest BCUT2D eigenvalue weighted by atomic mass is 32.2. The molecule has 3 heterocycles. The highest BCUT2D eigenvalue weighted by Crippen LogP contribution is 2.53. The van der Waals surface area contributed by atoms with E-state index in [0.29, 0.717) is 17.0 Å². The fourth-order valence-electron chi connectivity index (χ4n) is 8.04. The number of thioether (sulfide) groups is 1. The Kier molecular flexibility index (Phi) is 5.65. The van der Waals surface area contributed by atoms with Crippen molar-refractivity contribution in [1.82, 2.24) is 19.5 Å². The molecular formula is C42H30N4S. The molecule has 0 bridgehead atoms. The molecule has 3 aliphatic rings. The zero-order valence-electron chi connectivity index (χ0n) is 26.1. The van der Waals surface area contributed by atoms with E-state index in [0.717, 1.165) is 34.4 Å². The molecule has 0 radical (unpaired) electrons. The standard InChI is InChI=1S/C42H30N4S/c1-42(2)32-17-9-6-14-27(32)30-22-23-34-37(38(30)42)31-16-7-10-18-33(31)46(34)41-44-39(25-12-4-3-5-13-25)43-40(45-41)26-20-21-29-28-15-8-11-19-35(28)47-36(29)24-26/h3-23,36H,24H2,1-2H3. The van der Waals surface area contributed by atoms with Gasteiger partial charge in [-0.2, -0.15) is 9.97 Å². The number of nitrogens with zero attached hydrogens (tertiary/aromatic N) is 4. The number of hydrogen-bond donors (Lipinski definition) is 0. The van der Waals surface area contributed by atoms with Crippen molar-refractivity contribution in [1.29, 1.82) is 0 Å². The number of rotatable bonds is 3. The van der Waals surface area contributed by atoms with Crippen LogP contribution in [0.4, 0.5) is 0 Å². The first-order valence-electron chi connectivity index (χ1n) is 16.2. The second-order valence-corrected chi connectivity index (χ2v) is 14.4. The molecule has 7 aromatic rings. The average molecular weight is 623 g/mol. The monoisotopic (exact) mass is 622 g/mol. The van der Waals surface area contributed by atoms with E-state index in [2.05, 4.69) is 128 Å². The summed E-state index contributed by atoms with van der Waals surface area (Å²) < 4.78 is 2.26. The van der Waals surface area contributed by atoms with Crippen molar-refractivity contribution < 1.29 is 0 Å². The second kappa shape index (κ2) is 9.87. The molecule has 5 aromatic carbocycles. The molecule has 2 aromatic heterocycles. The molecular weight excluding hydrogens is 593 g/mol. The summed E-state index contributed by atoms with van der Waals surface area (Å²) in [6.45, 7) is 4.71. The molecule has 10 rings (SSSR count). The fraction of sp³-hybridized carbons (Fsp3) is 0.119. The average Bonchev–Trinajstić information content (AvgIpc) is 3.74. The SMILES string of the molecule is CC1(C)c2ccccc2-c2ccc3c(c21)c1ccccc1n3-c1nc(C2=CC=C3c4ccccc4SC3C2)nc(-c2ccccc2)n1. The van der Waals surface area contributed by atoms with Crippen LogP contribution in [-0.4, -0.2) is 24.8 Å². The molecule has 224 valence electrons. The summed E-state index contributed by atoms with van der Waals surface area (Å²) in [4.78, 5) is 17.0. The summed E-state index contributed by atoms with van der Waals surface area (Å²) in [5.41, 5.74) is 12.3. The number of aromatic nitrogens is 4. The van der Waals surface area contributed by atoms with Crippen LogP contribution >= 0.6 is 11.8 Å². The van der Waals surface area contributed by atoms with E-state index in [4.69, 9.17) is 15.0 Å². The third-order valence-electron chi connectivity index (χ3n) is 10.2. The van der Waals surface area contributed by atoms with Crippen molar-refractivity contribution in [3.05, 3.63) is 150 Å². The normalized spacial score (nSPS) is 17.2. The van der Waals surface area contributed by atoms with Crippen molar-refractivity contribution in [2.45, 2.75) is 35.8 Å². The Bertz CT molecular complexity index is 2500. The minimum absolute atomic E-state index is 0.146. The van der Waals surface area contributed by atoms with Crippen LogP contribution in [0.15, 0.2) is 132 Å². The van der Waals surface area contributed by atoms with Crippen molar-refractivity contribution in [3.8, 4) is 28.5 Å². The quantitative estimate of drug-likeness (QED) is 0.197. The van der Waals surface area contributed by atoms with Gasteiger partial charge in [0.1, 0.15) is 0 Å². The lowest BCUT2D eigenvalue weighted by Crippen LogP contribution is -2.15. The Morgan fingerprint density at radius 1 is 0.660 bits per heavy atom. The zero-order valence-corrected chi connectivity index (χ0v) is 26.9. The van der Waals surface area contributed by atoms with E-state index in [1.54, 1.807) is 0 Å². The number of fused-ring (bicyclic) bond motifs is 10. The molecule has 0 fully saturated rings. The van der Waals surface area contributed by atoms with Crippen molar-refractivity contribution in [2.75, 3.05) is 0 Å². The molecule has 0 saturated heterocycles. The molecule has 0 spiro atoms. The lowest BCUT2D eigenvalue weighted by molar-refractivity contribution is 0.666. The summed E-state index contributed by atoms with van der Waals surface area (Å²) in [6.07, 6.45) is 5.37. The first kappa shape index (κ1) is 26.9. The van der Waals surface area contributed by atoms with Gasteiger partial charge in [-0.25, -0.2) is 4.98 Å². The Hall–Kier alpha value is -5.26. The minimum Gasteiger partial charge on any atom is -0.278 e. The van der Waals surface area contributed by atoms with E-state index >= 15 is 0 Å². The van der Waals surface area contributed by atoms with E-state index in [9.17, 15) is 0 Å². The predicted molar refractivity (Wildman–Crippen MR) is 194 cm³/mol. The van der Waals surface area contributed by atoms with Gasteiger partial charge in [-0.3, -0.25) is 4.57 Å². The van der Waals surface area contributed by atoms with Crippen LogP contribution in [-0.2, 0) is 5.41 Å². The van der Waals surface area contributed by atoms with Gasteiger partial charge in [0.25, 0.3) is 0 Å². The summed E-state index contributed by atoms with van der Waals surface area (Å²) in [6, 6.07) is 41.1. The van der Waals surface area contributed by atoms with Crippen LogP contribution in [0.3, 0.4) is 0 Å². The molecule has 2 aliphatic carbocycles. The van der Waals surface area contributed by atoms with Crippen LogP contribution < -0.4 is 0 Å². The molecule has 0 saturated carbocycles. The lowest BCUT2D eigenvalue weighted by Gasteiger charge is -2.22.